The van der Waals surface area contributed by atoms with Gasteiger partial charge in [0.2, 0.25) is 11.0 Å². The van der Waals surface area contributed by atoms with E-state index in [1.165, 1.54) is 23.9 Å². The van der Waals surface area contributed by atoms with E-state index >= 15 is 0 Å². The number of thioether (sulfide) groups is 1. The zero-order chi connectivity index (χ0) is 27.4. The number of carboxylic acid groups (broad SMARTS) is 2. The minimum Gasteiger partial charge on any atom is -0.478 e. The summed E-state index contributed by atoms with van der Waals surface area (Å²) < 4.78 is 7.61. The molecule has 2 N–H and O–H groups in total. The number of fused-ring (bicyclic) bond motifs is 4. The molecule has 0 aliphatic heterocycles. The van der Waals surface area contributed by atoms with E-state index in [1.807, 2.05) is 60.7 Å². The molecule has 9 nitrogen and oxygen atoms in total. The van der Waals surface area contributed by atoms with Gasteiger partial charge in [0.1, 0.15) is 5.52 Å². The summed E-state index contributed by atoms with van der Waals surface area (Å²) in [6.07, 6.45) is 1.76. The van der Waals surface area contributed by atoms with Crippen LogP contribution >= 0.6 is 11.8 Å². The molecule has 38 heavy (non-hydrogen) atoms. The van der Waals surface area contributed by atoms with Crippen LogP contribution in [0.3, 0.4) is 0 Å². The molecule has 0 saturated heterocycles. The van der Waals surface area contributed by atoms with Crippen LogP contribution in [0.2, 0.25) is 0 Å². The van der Waals surface area contributed by atoms with Crippen LogP contribution in [-0.4, -0.2) is 52.4 Å². The molecular formula is C28H24N3O6S+. The van der Waals surface area contributed by atoms with Gasteiger partial charge in [0, 0.05) is 24.5 Å². The Morgan fingerprint density at radius 2 is 1.50 bits per heavy atom. The number of aromatic carboxylic acids is 2. The lowest BCUT2D eigenvalue weighted by molar-refractivity contribution is -0.607. The molecule has 2 aromatic heterocycles. The molecule has 0 fully saturated rings. The minimum atomic E-state index is -1.12. The molecule has 4 aromatic carbocycles. The van der Waals surface area contributed by atoms with Crippen LogP contribution in [0.1, 0.15) is 20.7 Å². The van der Waals surface area contributed by atoms with E-state index in [9.17, 15) is 14.4 Å². The van der Waals surface area contributed by atoms with Crippen molar-refractivity contribution < 1.29 is 29.1 Å². The van der Waals surface area contributed by atoms with Gasteiger partial charge in [-0.05, 0) is 58.7 Å². The van der Waals surface area contributed by atoms with Crippen molar-refractivity contribution in [2.45, 2.75) is 4.90 Å². The summed E-state index contributed by atoms with van der Waals surface area (Å²) in [5.41, 5.74) is 2.54. The number of nitrogens with zero attached hydrogens (tertiary/aromatic N) is 3. The summed E-state index contributed by atoms with van der Waals surface area (Å²) >= 11 is 1.31. The van der Waals surface area contributed by atoms with Gasteiger partial charge < -0.3 is 14.9 Å². The first-order chi connectivity index (χ1) is 18.3. The molecule has 6 rings (SSSR count). The third-order valence-electron chi connectivity index (χ3n) is 5.66. The molecule has 0 amide bonds. The normalized spacial score (nSPS) is 10.7. The maximum absolute atomic E-state index is 12.9. The lowest BCUT2D eigenvalue weighted by Gasteiger charge is -2.02. The Kier molecular flexibility index (Phi) is 7.85. The van der Waals surface area contributed by atoms with E-state index in [-0.39, 0.29) is 16.7 Å². The van der Waals surface area contributed by atoms with E-state index < -0.39 is 11.9 Å². The lowest BCUT2D eigenvalue weighted by Crippen LogP contribution is -2.45. The zero-order valence-corrected chi connectivity index (χ0v) is 21.6. The maximum atomic E-state index is 12.9. The SMILES string of the molecule is COC.CSc1cc(C(=O)O)cc(C(=O)O)c1.O=c1c2cccc3cccc(c32)n2nc3ccccc3[n+]12. The van der Waals surface area contributed by atoms with Crippen molar-refractivity contribution in [3.63, 3.8) is 0 Å². The van der Waals surface area contributed by atoms with Gasteiger partial charge in [-0.2, -0.15) is 0 Å². The molecule has 0 saturated carbocycles. The fraction of sp³-hybridized carbons (Fsp3) is 0.107. The third-order valence-corrected chi connectivity index (χ3v) is 6.37. The second-order valence-electron chi connectivity index (χ2n) is 8.14. The van der Waals surface area contributed by atoms with E-state index in [0.29, 0.717) is 4.90 Å². The lowest BCUT2D eigenvalue weighted by atomic mass is 10.1. The van der Waals surface area contributed by atoms with Gasteiger partial charge in [-0.3, -0.25) is 0 Å². The third kappa shape index (κ3) is 4.99. The summed E-state index contributed by atoms with van der Waals surface area (Å²) in [5, 5.41) is 24.8. The number of carboxylic acids is 2. The summed E-state index contributed by atoms with van der Waals surface area (Å²) in [7, 11) is 3.25. The number of benzene rings is 4. The number of aromatic nitrogens is 3. The number of carbonyl (C=O) groups is 2. The van der Waals surface area contributed by atoms with Crippen LogP contribution in [-0.2, 0) is 4.74 Å². The Morgan fingerprint density at radius 1 is 0.895 bits per heavy atom. The number of rotatable bonds is 3. The van der Waals surface area contributed by atoms with Crippen molar-refractivity contribution >= 4 is 56.4 Å². The minimum absolute atomic E-state index is 0.00532. The van der Waals surface area contributed by atoms with Crippen LogP contribution in [0.4, 0.5) is 0 Å². The topological polar surface area (TPSA) is 122 Å². The first kappa shape index (κ1) is 26.5. The van der Waals surface area contributed by atoms with Crippen molar-refractivity contribution in [3.8, 4) is 0 Å². The van der Waals surface area contributed by atoms with Crippen molar-refractivity contribution in [2.24, 2.45) is 0 Å². The predicted octanol–water partition coefficient (Wildman–Crippen LogP) is 4.24. The second kappa shape index (κ2) is 11.2. The average molecular weight is 531 g/mol. The zero-order valence-electron chi connectivity index (χ0n) is 20.8. The fourth-order valence-electron chi connectivity index (χ4n) is 4.08. The number of methoxy groups -OCH3 is 1. The molecule has 0 bridgehead atoms. The first-order valence-electron chi connectivity index (χ1n) is 11.3. The van der Waals surface area contributed by atoms with Gasteiger partial charge in [-0.25, -0.2) is 14.4 Å². The van der Waals surface area contributed by atoms with Gasteiger partial charge in [-0.1, -0.05) is 40.9 Å². The maximum Gasteiger partial charge on any atom is 0.365 e. The van der Waals surface area contributed by atoms with Crippen LogP contribution in [0.15, 0.2) is 88.6 Å². The van der Waals surface area contributed by atoms with Gasteiger partial charge in [-0.15, -0.1) is 11.8 Å². The summed E-state index contributed by atoms with van der Waals surface area (Å²) in [6.45, 7) is 0. The van der Waals surface area contributed by atoms with Crippen molar-refractivity contribution in [1.29, 1.82) is 0 Å². The molecule has 0 atom stereocenters. The second-order valence-corrected chi connectivity index (χ2v) is 9.02. The summed E-state index contributed by atoms with van der Waals surface area (Å²) in [4.78, 5) is 34.8. The highest BCUT2D eigenvalue weighted by Crippen LogP contribution is 2.23. The monoisotopic (exact) mass is 530 g/mol. The first-order valence-corrected chi connectivity index (χ1v) is 12.6. The quantitative estimate of drug-likeness (QED) is 0.257. The van der Waals surface area contributed by atoms with Crippen LogP contribution in [0, 0.1) is 0 Å². The molecule has 6 aromatic rings. The van der Waals surface area contributed by atoms with Crippen LogP contribution < -0.4 is 10.1 Å². The van der Waals surface area contributed by atoms with E-state index in [2.05, 4.69) is 9.84 Å². The smallest absolute Gasteiger partial charge is 0.365 e. The number of para-hydroxylation sites is 1. The largest absolute Gasteiger partial charge is 0.478 e. The average Bonchev–Trinajstić information content (AvgIpc) is 3.32. The molecule has 0 unspecified atom stereocenters. The van der Waals surface area contributed by atoms with Gasteiger partial charge in [0.15, 0.2) is 0 Å². The van der Waals surface area contributed by atoms with E-state index in [4.69, 9.17) is 10.2 Å². The Labute approximate surface area is 220 Å². The molecule has 0 radical (unpaired) electrons. The molecule has 2 heterocycles. The predicted molar refractivity (Wildman–Crippen MR) is 146 cm³/mol. The molecule has 10 heteroatoms. The number of hydrogen-bond donors (Lipinski definition) is 2. The Bertz CT molecular complexity index is 1810. The van der Waals surface area contributed by atoms with Crippen molar-refractivity contribution in [1.82, 2.24) is 9.73 Å². The summed E-state index contributed by atoms with van der Waals surface area (Å²) in [5.74, 6) is -2.24. The number of hydrogen-bond acceptors (Lipinski definition) is 6. The summed E-state index contributed by atoms with van der Waals surface area (Å²) in [6, 6.07) is 23.6. The number of ether oxygens (including phenoxy) is 1. The van der Waals surface area contributed by atoms with Gasteiger partial charge in [0.05, 0.1) is 21.6 Å². The van der Waals surface area contributed by atoms with Crippen LogP contribution in [0.25, 0.3) is 32.7 Å². The molecule has 0 aliphatic carbocycles. The Balaban J connectivity index is 0.000000173. The van der Waals surface area contributed by atoms with Crippen molar-refractivity contribution in [2.75, 3.05) is 20.5 Å². The highest BCUT2D eigenvalue weighted by Gasteiger charge is 2.21. The molecule has 0 aliphatic rings. The van der Waals surface area contributed by atoms with Crippen molar-refractivity contribution in [3.05, 3.63) is 100 Å². The Hall–Kier alpha value is -4.54. The molecular weight excluding hydrogens is 506 g/mol. The van der Waals surface area contributed by atoms with Gasteiger partial charge >= 0.3 is 17.5 Å². The highest BCUT2D eigenvalue weighted by molar-refractivity contribution is 7.98. The molecule has 0 spiro atoms. The van der Waals surface area contributed by atoms with Gasteiger partial charge in [0.25, 0.3) is 0 Å². The standard InChI is InChI=1S/C17H10N3O.C9H8O4S.C2H6O/c21-17-12-7-3-5-11-6-4-10-15(16(11)12)20-18-13-8-1-2-9-14(13)19(17)20;1-14-7-3-5(8(10)11)2-6(4-7)9(12)13;1-3-2/h1-10H;2-4H,1H3,(H,10,11)(H,12,13);1-2H3/q+1;;. The van der Waals surface area contributed by atoms with E-state index in [0.717, 1.165) is 38.8 Å². The van der Waals surface area contributed by atoms with Crippen LogP contribution in [0.5, 0.6) is 0 Å². The van der Waals surface area contributed by atoms with E-state index in [1.54, 1.807) is 29.6 Å². The fourth-order valence-corrected chi connectivity index (χ4v) is 4.57. The Morgan fingerprint density at radius 3 is 2.11 bits per heavy atom. The molecule has 192 valence electrons. The highest BCUT2D eigenvalue weighted by atomic mass is 32.2.